The van der Waals surface area contributed by atoms with E-state index < -0.39 is 0 Å². The summed E-state index contributed by atoms with van der Waals surface area (Å²) in [6.45, 7) is 4.59. The Morgan fingerprint density at radius 3 is 2.52 bits per heavy atom. The fourth-order valence-electron chi connectivity index (χ4n) is 3.83. The zero-order valence-corrected chi connectivity index (χ0v) is 15.5. The van der Waals surface area contributed by atoms with E-state index in [0.717, 1.165) is 34.0 Å². The second-order valence-electron chi connectivity index (χ2n) is 7.03. The van der Waals surface area contributed by atoms with Crippen molar-refractivity contribution in [2.24, 2.45) is 0 Å². The van der Waals surface area contributed by atoms with Crippen LogP contribution in [0.1, 0.15) is 41.1 Å². The summed E-state index contributed by atoms with van der Waals surface area (Å²) in [6.07, 6.45) is 4.68. The van der Waals surface area contributed by atoms with E-state index >= 15 is 0 Å². The lowest BCUT2D eigenvalue weighted by Crippen LogP contribution is -2.35. The molecule has 1 aliphatic heterocycles. The molecule has 0 saturated heterocycles. The molecule has 0 amide bonds. The maximum absolute atomic E-state index is 10.5. The van der Waals surface area contributed by atoms with Gasteiger partial charge in [0.15, 0.2) is 0 Å². The number of nitrogens with zero attached hydrogens (tertiary/aromatic N) is 2. The van der Waals surface area contributed by atoms with Crippen molar-refractivity contribution in [3.05, 3.63) is 45.5 Å². The van der Waals surface area contributed by atoms with Crippen molar-refractivity contribution in [1.82, 2.24) is 9.88 Å². The summed E-state index contributed by atoms with van der Waals surface area (Å²) < 4.78 is 0. The van der Waals surface area contributed by atoms with Crippen molar-refractivity contribution in [2.75, 3.05) is 6.54 Å². The van der Waals surface area contributed by atoms with Gasteiger partial charge in [-0.05, 0) is 26.7 Å². The van der Waals surface area contributed by atoms with Gasteiger partial charge in [0.2, 0.25) is 0 Å². The highest BCUT2D eigenvalue weighted by atomic mass is 32.1. The second kappa shape index (κ2) is 6.30. The molecule has 2 N–H and O–H groups in total. The highest BCUT2D eigenvalue weighted by Gasteiger charge is 2.35. The minimum absolute atomic E-state index is 0.293. The molecule has 0 atom stereocenters. The van der Waals surface area contributed by atoms with E-state index in [1.54, 1.807) is 11.3 Å². The number of rotatable bonds is 3. The summed E-state index contributed by atoms with van der Waals surface area (Å²) in [4.78, 5) is 7.96. The van der Waals surface area contributed by atoms with Crippen LogP contribution in [0.25, 0.3) is 16.8 Å². The largest absolute Gasteiger partial charge is 0.510 e. The van der Waals surface area contributed by atoms with Crippen LogP contribution < -0.4 is 0 Å². The standard InChI is InChI=1S/C20H23N3OS/c1-12-7-9-14(10-8-12)18-13(2)25-20(22-18)17-16(24)11-23(19(17)21)15-5-3-4-6-15/h7-10,15,21,24H,3-6,11H2,1-2H3. The van der Waals surface area contributed by atoms with Crippen LogP contribution in [0.4, 0.5) is 0 Å². The highest BCUT2D eigenvalue weighted by Crippen LogP contribution is 2.37. The van der Waals surface area contributed by atoms with Crippen LogP contribution in [-0.4, -0.2) is 33.4 Å². The van der Waals surface area contributed by atoms with Crippen molar-refractivity contribution < 1.29 is 5.11 Å². The molecular weight excluding hydrogens is 330 g/mol. The lowest BCUT2D eigenvalue weighted by atomic mass is 10.1. The summed E-state index contributed by atoms with van der Waals surface area (Å²) in [6, 6.07) is 8.73. The van der Waals surface area contributed by atoms with Gasteiger partial charge in [-0.25, -0.2) is 4.98 Å². The number of aliphatic hydroxyl groups excluding tert-OH is 1. The normalized spacial score (nSPS) is 18.6. The van der Waals surface area contributed by atoms with Gasteiger partial charge in [0.25, 0.3) is 0 Å². The lowest BCUT2D eigenvalue weighted by Gasteiger charge is -2.25. The number of benzene rings is 1. The Labute approximate surface area is 152 Å². The number of hydrogen-bond donors (Lipinski definition) is 2. The Bertz CT molecular complexity index is 844. The Balaban J connectivity index is 1.66. The van der Waals surface area contributed by atoms with Gasteiger partial charge in [-0.3, -0.25) is 5.41 Å². The van der Waals surface area contributed by atoms with Crippen molar-refractivity contribution in [3.63, 3.8) is 0 Å². The average Bonchev–Trinajstić information content (AvgIpc) is 3.29. The molecule has 2 aromatic rings. The van der Waals surface area contributed by atoms with Crippen LogP contribution in [0, 0.1) is 19.3 Å². The van der Waals surface area contributed by atoms with E-state index in [1.165, 1.54) is 18.4 Å². The fourth-order valence-corrected chi connectivity index (χ4v) is 4.84. The van der Waals surface area contributed by atoms with Crippen molar-refractivity contribution in [3.8, 4) is 11.3 Å². The molecular formula is C20H23N3OS. The van der Waals surface area contributed by atoms with E-state index in [-0.39, 0.29) is 0 Å². The van der Waals surface area contributed by atoms with Gasteiger partial charge in [-0.15, -0.1) is 11.3 Å². The zero-order chi connectivity index (χ0) is 17.6. The molecule has 25 heavy (non-hydrogen) atoms. The van der Waals surface area contributed by atoms with Gasteiger partial charge in [-0.1, -0.05) is 42.7 Å². The van der Waals surface area contributed by atoms with Crippen LogP contribution in [0.5, 0.6) is 0 Å². The SMILES string of the molecule is Cc1ccc(-c2nc(C3=C(O)CN(C4CCCC4)C3=N)sc2C)cc1. The predicted octanol–water partition coefficient (Wildman–Crippen LogP) is 4.93. The summed E-state index contributed by atoms with van der Waals surface area (Å²) >= 11 is 1.57. The summed E-state index contributed by atoms with van der Waals surface area (Å²) in [5.41, 5.74) is 3.88. The Morgan fingerprint density at radius 2 is 1.84 bits per heavy atom. The number of thiazole rings is 1. The van der Waals surface area contributed by atoms with E-state index in [2.05, 4.69) is 43.0 Å². The third-order valence-electron chi connectivity index (χ3n) is 5.23. The quantitative estimate of drug-likeness (QED) is 0.822. The van der Waals surface area contributed by atoms with E-state index in [9.17, 15) is 5.11 Å². The molecule has 4 rings (SSSR count). The number of aromatic nitrogens is 1. The first kappa shape index (κ1) is 16.3. The van der Waals surface area contributed by atoms with Crippen molar-refractivity contribution in [1.29, 1.82) is 5.41 Å². The number of hydrogen-bond acceptors (Lipinski definition) is 4. The Kier molecular flexibility index (Phi) is 4.12. The molecule has 2 aliphatic rings. The topological polar surface area (TPSA) is 60.2 Å². The molecule has 1 saturated carbocycles. The lowest BCUT2D eigenvalue weighted by molar-refractivity contribution is 0.296. The van der Waals surface area contributed by atoms with Gasteiger partial charge >= 0.3 is 0 Å². The molecule has 1 aromatic carbocycles. The van der Waals surface area contributed by atoms with E-state index in [1.807, 2.05) is 0 Å². The molecule has 0 spiro atoms. The fraction of sp³-hybridized carbons (Fsp3) is 0.400. The first-order valence-electron chi connectivity index (χ1n) is 8.87. The zero-order valence-electron chi connectivity index (χ0n) is 14.7. The number of nitrogens with one attached hydrogen (secondary N) is 1. The molecule has 130 valence electrons. The molecule has 1 aromatic heterocycles. The third-order valence-corrected chi connectivity index (χ3v) is 6.22. The first-order valence-corrected chi connectivity index (χ1v) is 9.69. The first-order chi connectivity index (χ1) is 12.0. The Hall–Kier alpha value is -2.14. The van der Waals surface area contributed by atoms with Gasteiger partial charge < -0.3 is 10.0 Å². The summed E-state index contributed by atoms with van der Waals surface area (Å²) in [5.74, 6) is 0.731. The summed E-state index contributed by atoms with van der Waals surface area (Å²) in [7, 11) is 0. The number of aryl methyl sites for hydroxylation is 2. The smallest absolute Gasteiger partial charge is 0.135 e. The average molecular weight is 353 g/mol. The minimum Gasteiger partial charge on any atom is -0.510 e. The van der Waals surface area contributed by atoms with Crippen molar-refractivity contribution in [2.45, 2.75) is 45.6 Å². The number of amidine groups is 1. The summed E-state index contributed by atoms with van der Waals surface area (Å²) in [5, 5.41) is 19.9. The minimum atomic E-state index is 0.293. The van der Waals surface area contributed by atoms with Crippen LogP contribution in [-0.2, 0) is 0 Å². The molecule has 4 nitrogen and oxygen atoms in total. The van der Waals surface area contributed by atoms with Gasteiger partial charge in [-0.2, -0.15) is 0 Å². The third kappa shape index (κ3) is 2.86. The van der Waals surface area contributed by atoms with Crippen LogP contribution in [0.3, 0.4) is 0 Å². The van der Waals surface area contributed by atoms with Crippen LogP contribution in [0.15, 0.2) is 30.0 Å². The predicted molar refractivity (Wildman–Crippen MR) is 103 cm³/mol. The van der Waals surface area contributed by atoms with Crippen LogP contribution >= 0.6 is 11.3 Å². The monoisotopic (exact) mass is 353 g/mol. The van der Waals surface area contributed by atoms with Gasteiger partial charge in [0, 0.05) is 16.5 Å². The van der Waals surface area contributed by atoms with Gasteiger partial charge in [0.1, 0.15) is 16.6 Å². The van der Waals surface area contributed by atoms with E-state index in [4.69, 9.17) is 10.4 Å². The van der Waals surface area contributed by atoms with E-state index in [0.29, 0.717) is 29.8 Å². The molecule has 2 heterocycles. The Morgan fingerprint density at radius 1 is 1.16 bits per heavy atom. The van der Waals surface area contributed by atoms with Gasteiger partial charge in [0.05, 0.1) is 17.8 Å². The molecule has 1 fully saturated rings. The molecule has 5 heteroatoms. The maximum Gasteiger partial charge on any atom is 0.135 e. The number of aliphatic hydroxyl groups is 1. The maximum atomic E-state index is 10.5. The molecule has 1 aliphatic carbocycles. The molecule has 0 radical (unpaired) electrons. The van der Waals surface area contributed by atoms with Crippen molar-refractivity contribution >= 4 is 22.7 Å². The molecule has 0 unspecified atom stereocenters. The highest BCUT2D eigenvalue weighted by molar-refractivity contribution is 7.13. The van der Waals surface area contributed by atoms with Crippen LogP contribution in [0.2, 0.25) is 0 Å². The second-order valence-corrected chi connectivity index (χ2v) is 8.23. The molecule has 0 bridgehead atoms.